The van der Waals surface area contributed by atoms with E-state index in [0.29, 0.717) is 37.2 Å². The average molecular weight is 445 g/mol. The first-order chi connectivity index (χ1) is 15.3. The molecule has 0 aliphatic carbocycles. The fourth-order valence-electron chi connectivity index (χ4n) is 3.95. The first-order valence-corrected chi connectivity index (χ1v) is 10.4. The summed E-state index contributed by atoms with van der Waals surface area (Å²) >= 11 is 0. The lowest BCUT2D eigenvalue weighted by Crippen LogP contribution is -2.56. The predicted octanol–water partition coefficient (Wildman–Crippen LogP) is -0.736. The lowest BCUT2D eigenvalue weighted by Gasteiger charge is -2.29. The molecule has 2 saturated heterocycles. The van der Waals surface area contributed by atoms with E-state index in [-0.39, 0.29) is 12.3 Å². The Kier molecular flexibility index (Phi) is 7.29. The number of carbonyl (C=O) groups excluding carboxylic acids is 5. The van der Waals surface area contributed by atoms with Crippen molar-refractivity contribution in [1.82, 2.24) is 15.5 Å². The van der Waals surface area contributed by atoms with Crippen molar-refractivity contribution >= 4 is 35.2 Å². The highest BCUT2D eigenvalue weighted by Crippen LogP contribution is 2.26. The molecule has 11 heteroatoms. The predicted molar refractivity (Wildman–Crippen MR) is 113 cm³/mol. The van der Waals surface area contributed by atoms with Crippen molar-refractivity contribution in [3.05, 3.63) is 24.3 Å². The fourth-order valence-corrected chi connectivity index (χ4v) is 3.95. The van der Waals surface area contributed by atoms with Crippen molar-refractivity contribution in [2.75, 3.05) is 19.0 Å². The van der Waals surface area contributed by atoms with Crippen LogP contribution in [0, 0.1) is 0 Å². The molecule has 0 radical (unpaired) electrons. The number of para-hydroxylation sites is 2. The number of primary amides is 1. The first kappa shape index (κ1) is 23.0. The Bertz CT molecular complexity index is 920. The number of nitrogens with one attached hydrogen (secondary N) is 3. The van der Waals surface area contributed by atoms with Crippen molar-refractivity contribution in [3.63, 3.8) is 0 Å². The summed E-state index contributed by atoms with van der Waals surface area (Å²) in [6, 6.07) is 4.13. The lowest BCUT2D eigenvalue weighted by atomic mass is 10.1. The highest BCUT2D eigenvalue weighted by molar-refractivity contribution is 6.01. The maximum atomic E-state index is 13.2. The molecule has 2 aliphatic rings. The molecular formula is C21H27N5O6. The van der Waals surface area contributed by atoms with E-state index in [0.717, 1.165) is 0 Å². The molecule has 3 rings (SSSR count). The van der Waals surface area contributed by atoms with E-state index in [1.807, 2.05) is 0 Å². The Morgan fingerprint density at radius 1 is 1.22 bits per heavy atom. The zero-order valence-corrected chi connectivity index (χ0v) is 17.8. The minimum absolute atomic E-state index is 0.212. The van der Waals surface area contributed by atoms with Crippen molar-refractivity contribution < 1.29 is 28.7 Å². The fraction of sp³-hybridized carbons (Fsp3) is 0.476. The van der Waals surface area contributed by atoms with Gasteiger partial charge in [0.05, 0.1) is 19.2 Å². The number of methoxy groups -OCH3 is 1. The normalized spacial score (nSPS) is 20.9. The third-order valence-corrected chi connectivity index (χ3v) is 5.54. The quantitative estimate of drug-likeness (QED) is 0.412. The number of nitrogens with zero attached hydrogens (tertiary/aromatic N) is 1. The third-order valence-electron chi connectivity index (χ3n) is 5.54. The van der Waals surface area contributed by atoms with Gasteiger partial charge in [0.2, 0.25) is 29.5 Å². The van der Waals surface area contributed by atoms with E-state index >= 15 is 0 Å². The first-order valence-electron chi connectivity index (χ1n) is 10.4. The summed E-state index contributed by atoms with van der Waals surface area (Å²) in [6.45, 7) is 0.300. The molecule has 32 heavy (non-hydrogen) atoms. The number of anilines is 1. The molecule has 2 fully saturated rings. The maximum Gasteiger partial charge on any atom is 0.247 e. The topological polar surface area (TPSA) is 160 Å². The van der Waals surface area contributed by atoms with Crippen molar-refractivity contribution in [1.29, 1.82) is 0 Å². The van der Waals surface area contributed by atoms with Crippen molar-refractivity contribution in [2.24, 2.45) is 5.73 Å². The molecular weight excluding hydrogens is 418 g/mol. The van der Waals surface area contributed by atoms with Crippen LogP contribution in [-0.2, 0) is 24.0 Å². The molecule has 0 bridgehead atoms. The molecule has 2 heterocycles. The van der Waals surface area contributed by atoms with Gasteiger partial charge in [0.1, 0.15) is 23.9 Å². The molecule has 0 aromatic heterocycles. The van der Waals surface area contributed by atoms with Crippen molar-refractivity contribution in [2.45, 2.75) is 50.2 Å². The number of benzene rings is 1. The van der Waals surface area contributed by atoms with E-state index in [4.69, 9.17) is 10.5 Å². The van der Waals surface area contributed by atoms with Gasteiger partial charge in [0.15, 0.2) is 0 Å². The van der Waals surface area contributed by atoms with Gasteiger partial charge < -0.3 is 31.3 Å². The third kappa shape index (κ3) is 5.34. The summed E-state index contributed by atoms with van der Waals surface area (Å²) in [5.41, 5.74) is 5.76. The molecule has 5 amide bonds. The second-order valence-corrected chi connectivity index (χ2v) is 7.77. The van der Waals surface area contributed by atoms with E-state index in [2.05, 4.69) is 16.0 Å². The smallest absolute Gasteiger partial charge is 0.247 e. The Morgan fingerprint density at radius 3 is 2.62 bits per heavy atom. The van der Waals surface area contributed by atoms with Crippen LogP contribution in [0.15, 0.2) is 24.3 Å². The van der Waals surface area contributed by atoms with Gasteiger partial charge in [0.25, 0.3) is 0 Å². The van der Waals surface area contributed by atoms with Crippen LogP contribution in [0.5, 0.6) is 5.75 Å². The summed E-state index contributed by atoms with van der Waals surface area (Å²) in [4.78, 5) is 62.9. The zero-order chi connectivity index (χ0) is 23.3. The minimum atomic E-state index is -1.22. The van der Waals surface area contributed by atoms with Gasteiger partial charge in [-0.15, -0.1) is 0 Å². The monoisotopic (exact) mass is 445 g/mol. The lowest BCUT2D eigenvalue weighted by molar-refractivity contribution is -0.141. The zero-order valence-electron chi connectivity index (χ0n) is 17.8. The second kappa shape index (κ2) is 10.1. The number of hydrogen-bond acceptors (Lipinski definition) is 6. The molecule has 172 valence electrons. The standard InChI is InChI=1S/C21H27N5O6/c1-32-16-7-3-2-5-12(16)24-20(30)15-6-4-10-26(15)21(31)14(11-17(22)27)25-19(29)13-8-9-18(28)23-13/h2-3,5,7,13-15H,4,6,8-11H2,1H3,(H2,22,27)(H,23,28)(H,24,30)(H,25,29)/t13-,14-,15-/m0/s1. The number of likely N-dealkylation sites (tertiary alicyclic amines) is 1. The molecule has 11 nitrogen and oxygen atoms in total. The second-order valence-electron chi connectivity index (χ2n) is 7.77. The largest absolute Gasteiger partial charge is 0.495 e. The van der Waals surface area contributed by atoms with Gasteiger partial charge >= 0.3 is 0 Å². The minimum Gasteiger partial charge on any atom is -0.495 e. The van der Waals surface area contributed by atoms with E-state index < -0.39 is 48.2 Å². The summed E-state index contributed by atoms with van der Waals surface area (Å²) in [5.74, 6) is -2.07. The molecule has 1 aromatic rings. The van der Waals surface area contributed by atoms with Gasteiger partial charge in [-0.3, -0.25) is 24.0 Å². The van der Waals surface area contributed by atoms with Crippen LogP contribution in [0.2, 0.25) is 0 Å². The number of ether oxygens (including phenoxy) is 1. The van der Waals surface area contributed by atoms with Gasteiger partial charge in [0, 0.05) is 13.0 Å². The molecule has 0 unspecified atom stereocenters. The summed E-state index contributed by atoms with van der Waals surface area (Å²) in [5, 5.41) is 7.81. The molecule has 1 aromatic carbocycles. The Labute approximate surface area is 185 Å². The SMILES string of the molecule is COc1ccccc1NC(=O)[C@@H]1CCCN1C(=O)[C@H](CC(N)=O)NC(=O)[C@@H]1CCC(=O)N1. The van der Waals surface area contributed by atoms with E-state index in [1.165, 1.54) is 12.0 Å². The highest BCUT2D eigenvalue weighted by Gasteiger charge is 2.39. The van der Waals surface area contributed by atoms with Crippen LogP contribution >= 0.6 is 0 Å². The van der Waals surface area contributed by atoms with Gasteiger partial charge in [-0.1, -0.05) is 12.1 Å². The average Bonchev–Trinajstić information content (AvgIpc) is 3.42. The van der Waals surface area contributed by atoms with Crippen molar-refractivity contribution in [3.8, 4) is 5.75 Å². The number of carbonyl (C=O) groups is 5. The van der Waals surface area contributed by atoms with Gasteiger partial charge in [-0.2, -0.15) is 0 Å². The van der Waals surface area contributed by atoms with Crippen LogP contribution in [0.1, 0.15) is 32.1 Å². The van der Waals surface area contributed by atoms with Gasteiger partial charge in [-0.05, 0) is 31.4 Å². The number of hydrogen-bond donors (Lipinski definition) is 4. The summed E-state index contributed by atoms with van der Waals surface area (Å²) in [7, 11) is 1.49. The molecule has 3 atom stereocenters. The van der Waals surface area contributed by atoms with E-state index in [1.54, 1.807) is 24.3 Å². The van der Waals surface area contributed by atoms with Gasteiger partial charge in [-0.25, -0.2) is 0 Å². The highest BCUT2D eigenvalue weighted by atomic mass is 16.5. The molecule has 0 spiro atoms. The van der Waals surface area contributed by atoms with Crippen LogP contribution in [0.3, 0.4) is 0 Å². The number of amides is 5. The molecule has 0 saturated carbocycles. The Hall–Kier alpha value is -3.63. The maximum absolute atomic E-state index is 13.2. The number of nitrogens with two attached hydrogens (primary N) is 1. The molecule has 2 aliphatic heterocycles. The molecule has 5 N–H and O–H groups in total. The van der Waals surface area contributed by atoms with E-state index in [9.17, 15) is 24.0 Å². The van der Waals surface area contributed by atoms with Crippen LogP contribution in [-0.4, -0.2) is 66.2 Å². The van der Waals surface area contributed by atoms with Crippen LogP contribution in [0.4, 0.5) is 5.69 Å². The summed E-state index contributed by atoms with van der Waals surface area (Å²) in [6.07, 6.45) is 1.12. The van der Waals surface area contributed by atoms with Crippen LogP contribution < -0.4 is 26.4 Å². The summed E-state index contributed by atoms with van der Waals surface area (Å²) < 4.78 is 5.24. The number of rotatable bonds is 8. The Balaban J connectivity index is 1.71. The van der Waals surface area contributed by atoms with Crippen LogP contribution in [0.25, 0.3) is 0 Å². The Morgan fingerprint density at radius 2 is 1.97 bits per heavy atom.